The highest BCUT2D eigenvalue weighted by Crippen LogP contribution is 2.47. The number of aromatic amines is 1. The molecule has 250 valence electrons. The van der Waals surface area contributed by atoms with Gasteiger partial charge in [-0.25, -0.2) is 9.97 Å². The maximum atomic E-state index is 6.29. The van der Waals surface area contributed by atoms with Gasteiger partial charge in [-0.05, 0) is 132 Å². The van der Waals surface area contributed by atoms with Gasteiger partial charge in [0.2, 0.25) is 0 Å². The Morgan fingerprint density at radius 1 is 0.423 bits per heavy atom. The number of nitrogens with two attached hydrogens (primary N) is 4. The zero-order valence-electron chi connectivity index (χ0n) is 28.1. The molecule has 0 saturated carbocycles. The number of benzene rings is 4. The Morgan fingerprint density at radius 3 is 1.42 bits per heavy atom. The Hall–Kier alpha value is -7.32. The van der Waals surface area contributed by atoms with Crippen molar-refractivity contribution < 1.29 is 0 Å². The fourth-order valence-corrected chi connectivity index (χ4v) is 6.99. The van der Waals surface area contributed by atoms with Crippen molar-refractivity contribution in [1.82, 2.24) is 19.5 Å². The molecule has 8 heteroatoms. The van der Waals surface area contributed by atoms with E-state index in [-0.39, 0.29) is 0 Å². The van der Waals surface area contributed by atoms with Crippen molar-refractivity contribution in [2.24, 2.45) is 0 Å². The molecular formula is C44H34N8. The molecule has 7 aromatic rings. The first kappa shape index (κ1) is 30.7. The highest BCUT2D eigenvalue weighted by atomic mass is 15.0. The maximum Gasteiger partial charge on any atom is 0.0737 e. The van der Waals surface area contributed by atoms with E-state index >= 15 is 0 Å². The first-order valence-corrected chi connectivity index (χ1v) is 17.0. The van der Waals surface area contributed by atoms with Crippen LogP contribution in [0.15, 0.2) is 127 Å². The number of H-pyrrole nitrogens is 1. The molecule has 0 unspecified atom stereocenters. The molecular weight excluding hydrogens is 641 g/mol. The molecule has 0 amide bonds. The average molecular weight is 675 g/mol. The van der Waals surface area contributed by atoms with E-state index in [2.05, 4.69) is 70.2 Å². The Kier molecular flexibility index (Phi) is 7.22. The molecule has 2 aliphatic heterocycles. The van der Waals surface area contributed by atoms with Crippen LogP contribution in [0.1, 0.15) is 22.8 Å². The van der Waals surface area contributed by atoms with Crippen LogP contribution in [0, 0.1) is 0 Å². The molecule has 9 N–H and O–H groups in total. The lowest BCUT2D eigenvalue weighted by Gasteiger charge is -2.14. The summed E-state index contributed by atoms with van der Waals surface area (Å²) in [5, 5.41) is 0. The summed E-state index contributed by atoms with van der Waals surface area (Å²) in [5.74, 6) is 0. The zero-order valence-corrected chi connectivity index (χ0v) is 28.1. The van der Waals surface area contributed by atoms with E-state index in [1.165, 1.54) is 0 Å². The van der Waals surface area contributed by atoms with Gasteiger partial charge in [-0.1, -0.05) is 36.4 Å². The van der Waals surface area contributed by atoms with Gasteiger partial charge in [0.15, 0.2) is 0 Å². The van der Waals surface area contributed by atoms with E-state index in [1.807, 2.05) is 91.0 Å². The van der Waals surface area contributed by atoms with E-state index in [9.17, 15) is 0 Å². The Labute approximate surface area is 300 Å². The van der Waals surface area contributed by atoms with Crippen LogP contribution >= 0.6 is 0 Å². The van der Waals surface area contributed by atoms with Gasteiger partial charge in [-0.2, -0.15) is 0 Å². The summed E-state index contributed by atoms with van der Waals surface area (Å²) in [7, 11) is 0. The van der Waals surface area contributed by atoms with Crippen molar-refractivity contribution in [2.45, 2.75) is 0 Å². The highest BCUT2D eigenvalue weighted by Gasteiger charge is 2.25. The van der Waals surface area contributed by atoms with Crippen LogP contribution in [-0.2, 0) is 0 Å². The van der Waals surface area contributed by atoms with Crippen molar-refractivity contribution in [3.8, 4) is 39.1 Å². The number of hydrogen-bond acceptors (Lipinski definition) is 6. The molecule has 3 aromatic heterocycles. The number of hydrogen-bond donors (Lipinski definition) is 5. The smallest absolute Gasteiger partial charge is 0.0737 e. The number of nitrogens with one attached hydrogen (secondary N) is 1. The summed E-state index contributed by atoms with van der Waals surface area (Å²) in [6.07, 6.45) is 8.21. The van der Waals surface area contributed by atoms with E-state index in [0.717, 1.165) is 83.9 Å². The summed E-state index contributed by atoms with van der Waals surface area (Å²) in [4.78, 5) is 13.8. The van der Waals surface area contributed by atoms with Crippen molar-refractivity contribution in [3.05, 3.63) is 150 Å². The predicted molar refractivity (Wildman–Crippen MR) is 218 cm³/mol. The summed E-state index contributed by atoms with van der Waals surface area (Å²) in [6.45, 7) is 0. The van der Waals surface area contributed by atoms with Gasteiger partial charge in [0.1, 0.15) is 0 Å². The molecule has 0 fully saturated rings. The van der Waals surface area contributed by atoms with Crippen LogP contribution < -0.4 is 22.9 Å². The Bertz CT molecular complexity index is 2730. The molecule has 4 aromatic carbocycles. The number of anilines is 4. The van der Waals surface area contributed by atoms with E-state index in [1.54, 1.807) is 0 Å². The molecule has 0 aliphatic carbocycles. The second kappa shape index (κ2) is 12.2. The molecule has 52 heavy (non-hydrogen) atoms. The molecule has 0 saturated heterocycles. The standard InChI is InChI=1S/C44H34N8/c45-29-7-1-26(2-8-29)41-39-22-19-36(51-39)24-35-16-15-33(49-35)23-34-17-18-37(50-34)25-40-42(27-3-9-30(46)10-4-27)43(28-5-11-31(47)12-6-28)44(41)52(40)38-20-13-32(48)14-21-38/h1-25,49H,45-48H2. The van der Waals surface area contributed by atoms with Crippen molar-refractivity contribution in [3.63, 3.8) is 0 Å². The third-order valence-electron chi connectivity index (χ3n) is 9.42. The monoisotopic (exact) mass is 674 g/mol. The van der Waals surface area contributed by atoms with Crippen molar-refractivity contribution in [1.29, 1.82) is 0 Å². The van der Waals surface area contributed by atoms with Crippen molar-refractivity contribution in [2.75, 3.05) is 22.9 Å². The Morgan fingerprint density at radius 2 is 0.865 bits per heavy atom. The molecule has 9 rings (SSSR count). The van der Waals surface area contributed by atoms with Crippen LogP contribution in [0.3, 0.4) is 0 Å². The molecule has 8 bridgehead atoms. The van der Waals surface area contributed by atoms with Crippen LogP contribution in [0.5, 0.6) is 0 Å². The third-order valence-corrected chi connectivity index (χ3v) is 9.42. The van der Waals surface area contributed by atoms with E-state index < -0.39 is 0 Å². The average Bonchev–Trinajstić information content (AvgIpc) is 3.95. The van der Waals surface area contributed by atoms with Crippen LogP contribution in [0.4, 0.5) is 22.7 Å². The summed E-state index contributed by atoms with van der Waals surface area (Å²) >= 11 is 0. The number of nitrogen functional groups attached to an aromatic ring is 4. The van der Waals surface area contributed by atoms with E-state index in [0.29, 0.717) is 22.7 Å². The first-order chi connectivity index (χ1) is 25.4. The van der Waals surface area contributed by atoms with Gasteiger partial charge in [-0.3, -0.25) is 0 Å². The SMILES string of the molecule is Nc1ccc(-c2c(-c3ccc(N)cc3)c3c(-c4ccc(N)cc4)c4nc(cc5ccc(cc6nc(cc2n3-c2ccc(N)cc2)C=C6)[nH]5)C=C4)cc1. The van der Waals surface area contributed by atoms with Crippen LogP contribution in [0.2, 0.25) is 0 Å². The summed E-state index contributed by atoms with van der Waals surface area (Å²) in [6, 6.07) is 42.3. The molecule has 5 heterocycles. The van der Waals surface area contributed by atoms with Gasteiger partial charge in [0.05, 0.1) is 33.8 Å². The highest BCUT2D eigenvalue weighted by molar-refractivity contribution is 6.11. The topological polar surface area (TPSA) is 151 Å². The minimum atomic E-state index is 0.667. The lowest BCUT2D eigenvalue weighted by Crippen LogP contribution is -1.98. The third kappa shape index (κ3) is 5.54. The minimum absolute atomic E-state index is 0.667. The van der Waals surface area contributed by atoms with Gasteiger partial charge < -0.3 is 32.5 Å². The normalized spacial score (nSPS) is 12.0. The number of rotatable bonds is 4. The maximum absolute atomic E-state index is 6.29. The first-order valence-electron chi connectivity index (χ1n) is 17.0. The van der Waals surface area contributed by atoms with Crippen LogP contribution in [0.25, 0.3) is 85.4 Å². The lowest BCUT2D eigenvalue weighted by atomic mass is 9.93. The molecule has 8 nitrogen and oxygen atoms in total. The van der Waals surface area contributed by atoms with E-state index in [4.69, 9.17) is 32.9 Å². The van der Waals surface area contributed by atoms with Gasteiger partial charge in [0.25, 0.3) is 0 Å². The summed E-state index contributed by atoms with van der Waals surface area (Å²) < 4.78 is 2.29. The molecule has 0 atom stereocenters. The van der Waals surface area contributed by atoms with Gasteiger partial charge in [-0.15, -0.1) is 0 Å². The zero-order chi connectivity index (χ0) is 35.3. The lowest BCUT2D eigenvalue weighted by molar-refractivity contribution is 1.17. The molecule has 2 aliphatic rings. The quantitative estimate of drug-likeness (QED) is 0.117. The predicted octanol–water partition coefficient (Wildman–Crippen LogP) is 9.45. The second-order valence-corrected chi connectivity index (χ2v) is 13.0. The molecule has 0 spiro atoms. The fraction of sp³-hybridized carbons (Fsp3) is 0. The Balaban J connectivity index is 1.60. The number of fused-ring (bicyclic) bond motifs is 8. The number of aromatic nitrogens is 4. The summed E-state index contributed by atoms with van der Waals surface area (Å²) in [5.41, 5.74) is 41.6. The largest absolute Gasteiger partial charge is 0.399 e. The van der Waals surface area contributed by atoms with Gasteiger partial charge in [0, 0.05) is 56.2 Å². The van der Waals surface area contributed by atoms with Crippen LogP contribution in [-0.4, -0.2) is 19.5 Å². The number of nitrogens with zero attached hydrogens (tertiary/aromatic N) is 3. The second-order valence-electron chi connectivity index (χ2n) is 13.0. The minimum Gasteiger partial charge on any atom is -0.399 e. The van der Waals surface area contributed by atoms with Gasteiger partial charge >= 0.3 is 0 Å². The van der Waals surface area contributed by atoms with Crippen molar-refractivity contribution >= 4 is 69.1 Å². The molecule has 0 radical (unpaired) electrons. The fourth-order valence-electron chi connectivity index (χ4n) is 6.99.